The van der Waals surface area contributed by atoms with Gasteiger partial charge in [0, 0.05) is 4.88 Å². The second kappa shape index (κ2) is 5.04. The minimum absolute atomic E-state index is 0.471. The van der Waals surface area contributed by atoms with Gasteiger partial charge in [-0.05, 0) is 41.6 Å². The highest BCUT2D eigenvalue weighted by Crippen LogP contribution is 2.41. The van der Waals surface area contributed by atoms with E-state index in [1.165, 1.54) is 0 Å². The fourth-order valence-electron chi connectivity index (χ4n) is 2.15. The Hall–Kier alpha value is -1.23. The Balaban J connectivity index is 2.02. The third-order valence-electron chi connectivity index (χ3n) is 3.13. The van der Waals surface area contributed by atoms with E-state index in [0.717, 1.165) is 16.0 Å². The van der Waals surface area contributed by atoms with Crippen LogP contribution in [0.25, 0.3) is 0 Å². The molecule has 0 aliphatic carbocycles. The van der Waals surface area contributed by atoms with Crippen molar-refractivity contribution in [3.8, 4) is 11.5 Å². The van der Waals surface area contributed by atoms with E-state index in [1.807, 2.05) is 18.4 Å². The van der Waals surface area contributed by atoms with E-state index >= 15 is 0 Å². The second-order valence-electron chi connectivity index (χ2n) is 4.36. The van der Waals surface area contributed by atoms with Gasteiger partial charge in [0.15, 0.2) is 11.5 Å². The summed E-state index contributed by atoms with van der Waals surface area (Å²) in [5, 5.41) is 12.9. The van der Waals surface area contributed by atoms with Crippen LogP contribution in [0.1, 0.15) is 22.1 Å². The van der Waals surface area contributed by atoms with E-state index in [4.69, 9.17) is 21.1 Å². The number of rotatable bonds is 2. The van der Waals surface area contributed by atoms with Gasteiger partial charge < -0.3 is 14.6 Å². The molecule has 2 aromatic rings. The summed E-state index contributed by atoms with van der Waals surface area (Å²) >= 11 is 7.79. The van der Waals surface area contributed by atoms with Gasteiger partial charge in [0.1, 0.15) is 19.3 Å². The summed E-state index contributed by atoms with van der Waals surface area (Å²) in [4.78, 5) is 1.10. The monoisotopic (exact) mass is 296 g/mol. The van der Waals surface area contributed by atoms with Gasteiger partial charge in [0.05, 0.1) is 5.02 Å². The van der Waals surface area contributed by atoms with Crippen molar-refractivity contribution in [1.29, 1.82) is 0 Å². The fourth-order valence-corrected chi connectivity index (χ4v) is 3.15. The quantitative estimate of drug-likeness (QED) is 0.921. The van der Waals surface area contributed by atoms with Crippen molar-refractivity contribution < 1.29 is 14.6 Å². The highest BCUT2D eigenvalue weighted by atomic mass is 35.5. The van der Waals surface area contributed by atoms with Crippen molar-refractivity contribution in [2.24, 2.45) is 0 Å². The molecule has 0 fully saturated rings. The molecule has 0 saturated carbocycles. The lowest BCUT2D eigenvalue weighted by Gasteiger charge is -2.21. The molecule has 5 heteroatoms. The third-order valence-corrected chi connectivity index (χ3v) is 4.27. The van der Waals surface area contributed by atoms with Crippen LogP contribution in [0.3, 0.4) is 0 Å². The van der Waals surface area contributed by atoms with Crippen molar-refractivity contribution >= 4 is 22.9 Å². The first-order chi connectivity index (χ1) is 9.16. The number of hydrogen-bond acceptors (Lipinski definition) is 4. The highest BCUT2D eigenvalue weighted by molar-refractivity contribution is 7.10. The Bertz CT molecular complexity index is 609. The van der Waals surface area contributed by atoms with Gasteiger partial charge in [-0.1, -0.05) is 11.6 Å². The maximum absolute atomic E-state index is 10.4. The summed E-state index contributed by atoms with van der Waals surface area (Å²) in [6.45, 7) is 2.99. The first-order valence-electron chi connectivity index (χ1n) is 5.98. The molecule has 1 aromatic carbocycles. The fraction of sp³-hybridized carbons (Fsp3) is 0.286. The Morgan fingerprint density at radius 3 is 2.84 bits per heavy atom. The van der Waals surface area contributed by atoms with Crippen LogP contribution in [0.4, 0.5) is 0 Å². The van der Waals surface area contributed by atoms with Gasteiger partial charge in [0.25, 0.3) is 0 Å². The highest BCUT2D eigenvalue weighted by Gasteiger charge is 2.21. The Morgan fingerprint density at radius 1 is 1.32 bits per heavy atom. The number of aliphatic hydroxyl groups is 1. The summed E-state index contributed by atoms with van der Waals surface area (Å²) in [6, 6.07) is 5.45. The Labute approximate surface area is 120 Å². The van der Waals surface area contributed by atoms with E-state index in [-0.39, 0.29) is 0 Å². The minimum atomic E-state index is -0.695. The van der Waals surface area contributed by atoms with E-state index in [2.05, 4.69) is 0 Å². The SMILES string of the molecule is Cc1sccc1C(O)c1cc(Cl)c2c(c1)OCCO2. The average molecular weight is 297 g/mol. The molecule has 1 aliphatic heterocycles. The number of ether oxygens (including phenoxy) is 2. The van der Waals surface area contributed by atoms with Gasteiger partial charge in [-0.15, -0.1) is 11.3 Å². The zero-order valence-corrected chi connectivity index (χ0v) is 11.9. The molecule has 1 atom stereocenters. The molecule has 3 rings (SSSR count). The lowest BCUT2D eigenvalue weighted by atomic mass is 10.0. The van der Waals surface area contributed by atoms with Crippen molar-refractivity contribution in [2.45, 2.75) is 13.0 Å². The zero-order valence-electron chi connectivity index (χ0n) is 10.4. The molecule has 19 heavy (non-hydrogen) atoms. The van der Waals surface area contributed by atoms with E-state index in [0.29, 0.717) is 29.7 Å². The molecule has 0 amide bonds. The number of halogens is 1. The summed E-state index contributed by atoms with van der Waals surface area (Å²) in [5.41, 5.74) is 1.62. The van der Waals surface area contributed by atoms with Crippen LogP contribution in [0.2, 0.25) is 5.02 Å². The molecule has 3 nitrogen and oxygen atoms in total. The van der Waals surface area contributed by atoms with Crippen molar-refractivity contribution in [3.05, 3.63) is 44.6 Å². The van der Waals surface area contributed by atoms with Crippen LogP contribution in [0.15, 0.2) is 23.6 Å². The number of thiophene rings is 1. The van der Waals surface area contributed by atoms with E-state index in [9.17, 15) is 5.11 Å². The van der Waals surface area contributed by atoms with E-state index < -0.39 is 6.10 Å². The van der Waals surface area contributed by atoms with Crippen LogP contribution in [0, 0.1) is 6.92 Å². The van der Waals surface area contributed by atoms with Crippen molar-refractivity contribution in [2.75, 3.05) is 13.2 Å². The molecular formula is C14H13ClO3S. The molecular weight excluding hydrogens is 284 g/mol. The molecule has 0 radical (unpaired) electrons. The number of aliphatic hydroxyl groups excluding tert-OH is 1. The topological polar surface area (TPSA) is 38.7 Å². The molecule has 1 aromatic heterocycles. The molecule has 0 spiro atoms. The number of fused-ring (bicyclic) bond motifs is 1. The first-order valence-corrected chi connectivity index (χ1v) is 7.23. The lowest BCUT2D eigenvalue weighted by Crippen LogP contribution is -2.16. The Kier molecular flexibility index (Phi) is 3.39. The van der Waals surface area contributed by atoms with Crippen LogP contribution in [-0.4, -0.2) is 18.3 Å². The molecule has 2 heterocycles. The smallest absolute Gasteiger partial charge is 0.179 e. The molecule has 0 bridgehead atoms. The standard InChI is InChI=1S/C14H13ClO3S/c1-8-10(2-5-19-8)13(16)9-6-11(15)14-12(7-9)17-3-4-18-14/h2,5-7,13,16H,3-4H2,1H3. The number of benzene rings is 1. The molecule has 0 saturated heterocycles. The predicted molar refractivity (Wildman–Crippen MR) is 75.6 cm³/mol. The molecule has 1 N–H and O–H groups in total. The summed E-state index contributed by atoms with van der Waals surface area (Å²) in [6.07, 6.45) is -0.695. The van der Waals surface area contributed by atoms with E-state index in [1.54, 1.807) is 23.5 Å². The van der Waals surface area contributed by atoms with Gasteiger partial charge in [-0.25, -0.2) is 0 Å². The second-order valence-corrected chi connectivity index (χ2v) is 5.89. The molecule has 1 aliphatic rings. The average Bonchev–Trinajstić information content (AvgIpc) is 2.84. The van der Waals surface area contributed by atoms with Crippen LogP contribution in [0.5, 0.6) is 11.5 Å². The first kappa shape index (κ1) is 12.8. The zero-order chi connectivity index (χ0) is 13.4. The number of aryl methyl sites for hydroxylation is 1. The maximum Gasteiger partial charge on any atom is 0.179 e. The number of hydrogen-bond donors (Lipinski definition) is 1. The van der Waals surface area contributed by atoms with Crippen LogP contribution < -0.4 is 9.47 Å². The Morgan fingerprint density at radius 2 is 2.11 bits per heavy atom. The van der Waals surface area contributed by atoms with Crippen molar-refractivity contribution in [1.82, 2.24) is 0 Å². The summed E-state index contributed by atoms with van der Waals surface area (Å²) < 4.78 is 11.0. The predicted octanol–water partition coefficient (Wildman–Crippen LogP) is 3.56. The lowest BCUT2D eigenvalue weighted by molar-refractivity contribution is 0.170. The van der Waals surface area contributed by atoms with Gasteiger partial charge in [0.2, 0.25) is 0 Å². The van der Waals surface area contributed by atoms with Gasteiger partial charge in [-0.2, -0.15) is 0 Å². The van der Waals surface area contributed by atoms with Gasteiger partial charge in [-0.3, -0.25) is 0 Å². The molecule has 1 unspecified atom stereocenters. The van der Waals surface area contributed by atoms with Crippen LogP contribution >= 0.6 is 22.9 Å². The maximum atomic E-state index is 10.4. The summed E-state index contributed by atoms with van der Waals surface area (Å²) in [7, 11) is 0. The normalized spacial score (nSPS) is 15.3. The van der Waals surface area contributed by atoms with Gasteiger partial charge >= 0.3 is 0 Å². The molecule has 100 valence electrons. The minimum Gasteiger partial charge on any atom is -0.486 e. The van der Waals surface area contributed by atoms with Crippen molar-refractivity contribution in [3.63, 3.8) is 0 Å². The van der Waals surface area contributed by atoms with Crippen LogP contribution in [-0.2, 0) is 0 Å². The summed E-state index contributed by atoms with van der Waals surface area (Å²) in [5.74, 6) is 1.16. The third kappa shape index (κ3) is 2.31. The largest absolute Gasteiger partial charge is 0.486 e.